The second-order valence-electron chi connectivity index (χ2n) is 6.58. The maximum atomic E-state index is 13.4. The maximum absolute atomic E-state index is 13.4. The van der Waals surface area contributed by atoms with Crippen LogP contribution < -0.4 is 5.32 Å². The molecule has 2 aromatic rings. The van der Waals surface area contributed by atoms with Crippen molar-refractivity contribution in [3.8, 4) is 0 Å². The summed E-state index contributed by atoms with van der Waals surface area (Å²) < 4.78 is 30.1. The van der Waals surface area contributed by atoms with Gasteiger partial charge < -0.3 is 9.88 Å². The van der Waals surface area contributed by atoms with Crippen molar-refractivity contribution in [1.82, 2.24) is 19.2 Å². The van der Waals surface area contributed by atoms with Crippen LogP contribution in [0.4, 0.5) is 0 Å². The van der Waals surface area contributed by atoms with E-state index >= 15 is 0 Å². The second kappa shape index (κ2) is 8.27. The fourth-order valence-corrected chi connectivity index (χ4v) is 5.19. The van der Waals surface area contributed by atoms with E-state index in [1.165, 1.54) is 4.31 Å². The van der Waals surface area contributed by atoms with Gasteiger partial charge in [0.15, 0.2) is 0 Å². The van der Waals surface area contributed by atoms with E-state index in [1.807, 2.05) is 37.7 Å². The highest BCUT2D eigenvalue weighted by Gasteiger charge is 2.37. The predicted molar refractivity (Wildman–Crippen MR) is 105 cm³/mol. The number of hydrogen-bond donors (Lipinski definition) is 1. The van der Waals surface area contributed by atoms with Crippen LogP contribution in [0.2, 0.25) is 5.02 Å². The Balaban J connectivity index is 0.00000243. The van der Waals surface area contributed by atoms with Gasteiger partial charge >= 0.3 is 0 Å². The van der Waals surface area contributed by atoms with Crippen molar-refractivity contribution in [1.29, 1.82) is 0 Å². The average molecular weight is 419 g/mol. The maximum Gasteiger partial charge on any atom is 0.245 e. The average Bonchev–Trinajstić information content (AvgIpc) is 3.00. The molecule has 26 heavy (non-hydrogen) atoms. The number of sulfonamides is 1. The molecule has 1 aromatic carbocycles. The molecule has 1 N–H and O–H groups in total. The molecule has 6 nitrogen and oxygen atoms in total. The molecule has 1 aromatic heterocycles. The summed E-state index contributed by atoms with van der Waals surface area (Å²) in [5.41, 5.74) is 0.951. The quantitative estimate of drug-likeness (QED) is 0.828. The van der Waals surface area contributed by atoms with Gasteiger partial charge in [-0.2, -0.15) is 4.31 Å². The molecule has 0 aliphatic carbocycles. The first-order valence-corrected chi connectivity index (χ1v) is 10.1. The third-order valence-electron chi connectivity index (χ3n) is 4.56. The zero-order valence-corrected chi connectivity index (χ0v) is 17.4. The summed E-state index contributed by atoms with van der Waals surface area (Å²) in [5.74, 6) is 0.937. The summed E-state index contributed by atoms with van der Waals surface area (Å²) in [5, 5.41) is 3.51. The molecule has 1 aliphatic heterocycles. The highest BCUT2D eigenvalue weighted by Crippen LogP contribution is 2.33. The summed E-state index contributed by atoms with van der Waals surface area (Å²) >= 11 is 6.27. The van der Waals surface area contributed by atoms with Gasteiger partial charge in [0.1, 0.15) is 10.7 Å². The van der Waals surface area contributed by atoms with E-state index in [0.717, 1.165) is 5.56 Å². The fraction of sp³-hybridized carbons (Fsp3) is 0.471. The lowest BCUT2D eigenvalue weighted by Crippen LogP contribution is -2.49. The summed E-state index contributed by atoms with van der Waals surface area (Å²) in [6, 6.07) is 4.87. The van der Waals surface area contributed by atoms with E-state index in [1.54, 1.807) is 18.3 Å². The first-order chi connectivity index (χ1) is 11.8. The molecule has 1 fully saturated rings. The molecule has 1 saturated heterocycles. The van der Waals surface area contributed by atoms with Crippen LogP contribution >= 0.6 is 24.0 Å². The second-order valence-corrected chi connectivity index (χ2v) is 8.84. The number of aryl methyl sites for hydroxylation is 1. The van der Waals surface area contributed by atoms with Crippen LogP contribution in [-0.4, -0.2) is 41.9 Å². The highest BCUT2D eigenvalue weighted by molar-refractivity contribution is 7.89. The molecule has 0 amide bonds. The van der Waals surface area contributed by atoms with Gasteiger partial charge in [-0.05, 0) is 23.6 Å². The fourth-order valence-electron chi connectivity index (χ4n) is 3.09. The Labute approximate surface area is 166 Å². The van der Waals surface area contributed by atoms with E-state index in [-0.39, 0.29) is 34.3 Å². The van der Waals surface area contributed by atoms with Crippen molar-refractivity contribution >= 4 is 34.0 Å². The molecule has 0 spiro atoms. The Morgan fingerprint density at radius 1 is 1.35 bits per heavy atom. The monoisotopic (exact) mass is 418 g/mol. The highest BCUT2D eigenvalue weighted by atomic mass is 35.5. The Morgan fingerprint density at radius 2 is 2.08 bits per heavy atom. The number of benzene rings is 1. The topological polar surface area (TPSA) is 67.2 Å². The molecule has 1 aliphatic rings. The van der Waals surface area contributed by atoms with Gasteiger partial charge in [-0.1, -0.05) is 31.5 Å². The summed E-state index contributed by atoms with van der Waals surface area (Å²) in [4.78, 5) is 4.52. The molecule has 1 unspecified atom stereocenters. The Morgan fingerprint density at radius 3 is 2.69 bits per heavy atom. The number of nitrogens with zero attached hydrogens (tertiary/aromatic N) is 3. The minimum Gasteiger partial charge on any atom is -0.337 e. The first-order valence-electron chi connectivity index (χ1n) is 8.31. The number of hydrogen-bond acceptors (Lipinski definition) is 4. The van der Waals surface area contributed by atoms with Crippen molar-refractivity contribution in [3.05, 3.63) is 47.0 Å². The number of aromatic nitrogens is 2. The molecule has 0 radical (unpaired) electrons. The van der Waals surface area contributed by atoms with Gasteiger partial charge in [0.25, 0.3) is 0 Å². The van der Waals surface area contributed by atoms with Gasteiger partial charge in [0.05, 0.1) is 11.1 Å². The van der Waals surface area contributed by atoms with Crippen LogP contribution in [0, 0.1) is 0 Å². The van der Waals surface area contributed by atoms with Crippen molar-refractivity contribution in [2.45, 2.75) is 30.7 Å². The van der Waals surface area contributed by atoms with Gasteiger partial charge in [-0.25, -0.2) is 13.4 Å². The van der Waals surface area contributed by atoms with Crippen molar-refractivity contribution in [3.63, 3.8) is 0 Å². The van der Waals surface area contributed by atoms with E-state index in [2.05, 4.69) is 10.3 Å². The molecular weight excluding hydrogens is 395 g/mol. The van der Waals surface area contributed by atoms with Crippen LogP contribution in [0.5, 0.6) is 0 Å². The van der Waals surface area contributed by atoms with Crippen LogP contribution in [-0.2, 0) is 17.1 Å². The normalized spacial score (nSPS) is 18.7. The number of imidazole rings is 1. The molecule has 144 valence electrons. The Kier molecular flexibility index (Phi) is 6.74. The minimum atomic E-state index is -3.73. The minimum absolute atomic E-state index is 0. The van der Waals surface area contributed by atoms with E-state index in [4.69, 9.17) is 11.6 Å². The Bertz CT molecular complexity index is 867. The van der Waals surface area contributed by atoms with Crippen molar-refractivity contribution in [2.75, 3.05) is 19.6 Å². The molecular formula is C17H24Cl2N4O2S. The molecule has 0 saturated carbocycles. The summed E-state index contributed by atoms with van der Waals surface area (Å²) in [6.45, 7) is 5.55. The molecule has 3 rings (SSSR count). The molecule has 1 atom stereocenters. The lowest BCUT2D eigenvalue weighted by atomic mass is 10.0. The number of piperazine rings is 1. The van der Waals surface area contributed by atoms with Crippen molar-refractivity contribution < 1.29 is 8.42 Å². The van der Waals surface area contributed by atoms with Gasteiger partial charge in [-0.15, -0.1) is 12.4 Å². The van der Waals surface area contributed by atoms with E-state index < -0.39 is 10.0 Å². The van der Waals surface area contributed by atoms with Gasteiger partial charge in [0.2, 0.25) is 10.0 Å². The number of nitrogens with one attached hydrogen (secondary N) is 1. The van der Waals surface area contributed by atoms with Crippen LogP contribution in [0.15, 0.2) is 35.5 Å². The summed E-state index contributed by atoms with van der Waals surface area (Å²) in [7, 11) is -1.86. The standard InChI is InChI=1S/C17H23ClN4O2S.ClH/c1-12(2)13-4-5-14(18)16(10-13)25(23,24)22-9-6-19-11-15(22)17-20-7-8-21(17)3;/h4-5,7-8,10,12,15,19H,6,9,11H2,1-3H3;1H. The largest absolute Gasteiger partial charge is 0.337 e. The van der Waals surface area contributed by atoms with Crippen molar-refractivity contribution in [2.24, 2.45) is 7.05 Å². The SMILES string of the molecule is CC(C)c1ccc(Cl)c(S(=O)(=O)N2CCNCC2c2nccn2C)c1.Cl. The lowest BCUT2D eigenvalue weighted by molar-refractivity contribution is 0.258. The third kappa shape index (κ3) is 3.92. The first kappa shape index (κ1) is 21.2. The van der Waals surface area contributed by atoms with Crippen LogP contribution in [0.3, 0.4) is 0 Å². The zero-order valence-electron chi connectivity index (χ0n) is 15.0. The number of halogens is 2. The Hall–Kier alpha value is -1.12. The van der Waals surface area contributed by atoms with Crippen LogP contribution in [0.25, 0.3) is 0 Å². The third-order valence-corrected chi connectivity index (χ3v) is 6.95. The smallest absolute Gasteiger partial charge is 0.245 e. The molecule has 9 heteroatoms. The summed E-state index contributed by atoms with van der Waals surface area (Å²) in [6.07, 6.45) is 3.50. The molecule has 2 heterocycles. The predicted octanol–water partition coefficient (Wildman–Crippen LogP) is 2.95. The van der Waals surface area contributed by atoms with E-state index in [0.29, 0.717) is 25.5 Å². The lowest BCUT2D eigenvalue weighted by Gasteiger charge is -2.35. The number of rotatable bonds is 4. The van der Waals surface area contributed by atoms with Gasteiger partial charge in [0, 0.05) is 39.1 Å². The zero-order chi connectivity index (χ0) is 18.2. The molecule has 0 bridgehead atoms. The van der Waals surface area contributed by atoms with E-state index in [9.17, 15) is 8.42 Å². The van der Waals surface area contributed by atoms with Gasteiger partial charge in [-0.3, -0.25) is 0 Å². The van der Waals surface area contributed by atoms with Crippen LogP contribution in [0.1, 0.15) is 37.2 Å².